The van der Waals surface area contributed by atoms with Crippen molar-refractivity contribution in [3.05, 3.63) is 17.7 Å². The summed E-state index contributed by atoms with van der Waals surface area (Å²) in [5, 5.41) is 12.1. The fourth-order valence-electron chi connectivity index (χ4n) is 1.39. The van der Waals surface area contributed by atoms with Crippen molar-refractivity contribution in [3.8, 4) is 0 Å². The minimum atomic E-state index is 0.0903. The lowest BCUT2D eigenvalue weighted by atomic mass is 10.4. The maximum Gasteiger partial charge on any atom is 0.122 e. The molecular formula is C7H11N3O. The van der Waals surface area contributed by atoms with Crippen molar-refractivity contribution >= 4 is 0 Å². The Labute approximate surface area is 64.9 Å². The van der Waals surface area contributed by atoms with Gasteiger partial charge in [0.2, 0.25) is 0 Å². The van der Waals surface area contributed by atoms with Crippen molar-refractivity contribution < 1.29 is 5.11 Å². The molecule has 1 aromatic rings. The number of nitrogens with one attached hydrogen (secondary N) is 1. The molecule has 1 aromatic heterocycles. The van der Waals surface area contributed by atoms with Crippen molar-refractivity contribution in [3.63, 3.8) is 0 Å². The summed E-state index contributed by atoms with van der Waals surface area (Å²) < 4.78 is 2.07. The highest BCUT2D eigenvalue weighted by molar-refractivity contribution is 5.06. The van der Waals surface area contributed by atoms with Gasteiger partial charge in [-0.1, -0.05) is 0 Å². The van der Waals surface area contributed by atoms with E-state index in [4.69, 9.17) is 5.11 Å². The molecule has 0 unspecified atom stereocenters. The predicted octanol–water partition coefficient (Wildman–Crippen LogP) is -0.521. The summed E-state index contributed by atoms with van der Waals surface area (Å²) in [6, 6.07) is 0. The number of aromatic nitrogens is 2. The molecule has 2 N–H and O–H groups in total. The maximum absolute atomic E-state index is 8.90. The third kappa shape index (κ3) is 1.04. The van der Waals surface area contributed by atoms with Gasteiger partial charge in [0, 0.05) is 13.1 Å². The molecule has 1 aliphatic rings. The standard InChI is InChI=1S/C7H11N3O/c11-5-6-3-9-7-4-8-1-2-10(6)7/h3,8,11H,1-2,4-5H2. The molecule has 2 rings (SSSR count). The van der Waals surface area contributed by atoms with Crippen LogP contribution in [0.4, 0.5) is 0 Å². The molecule has 2 heterocycles. The molecule has 0 spiro atoms. The summed E-state index contributed by atoms with van der Waals surface area (Å²) in [6.07, 6.45) is 1.74. The number of aliphatic hydroxyl groups excluding tert-OH is 1. The maximum atomic E-state index is 8.90. The minimum absolute atomic E-state index is 0.0903. The van der Waals surface area contributed by atoms with Crippen LogP contribution in [-0.4, -0.2) is 21.2 Å². The van der Waals surface area contributed by atoms with E-state index in [0.717, 1.165) is 31.2 Å². The first-order valence-electron chi connectivity index (χ1n) is 3.76. The van der Waals surface area contributed by atoms with Crippen LogP contribution in [0, 0.1) is 0 Å². The Morgan fingerprint density at radius 2 is 2.64 bits per heavy atom. The number of nitrogens with zero attached hydrogens (tertiary/aromatic N) is 2. The molecule has 0 fully saturated rings. The average Bonchev–Trinajstić information content (AvgIpc) is 2.47. The number of rotatable bonds is 1. The van der Waals surface area contributed by atoms with Gasteiger partial charge in [0.15, 0.2) is 0 Å². The zero-order chi connectivity index (χ0) is 7.68. The van der Waals surface area contributed by atoms with Crippen molar-refractivity contribution in [2.45, 2.75) is 19.7 Å². The summed E-state index contributed by atoms with van der Waals surface area (Å²) in [7, 11) is 0. The van der Waals surface area contributed by atoms with E-state index in [-0.39, 0.29) is 6.61 Å². The molecule has 0 aromatic carbocycles. The lowest BCUT2D eigenvalue weighted by Gasteiger charge is -2.16. The van der Waals surface area contributed by atoms with Crippen LogP contribution in [-0.2, 0) is 19.7 Å². The molecule has 0 saturated carbocycles. The van der Waals surface area contributed by atoms with E-state index in [1.165, 1.54) is 0 Å². The second-order valence-corrected chi connectivity index (χ2v) is 2.65. The first-order valence-corrected chi connectivity index (χ1v) is 3.76. The largest absolute Gasteiger partial charge is 0.390 e. The average molecular weight is 153 g/mol. The first kappa shape index (κ1) is 6.82. The molecule has 4 nitrogen and oxygen atoms in total. The third-order valence-electron chi connectivity index (χ3n) is 1.98. The molecule has 0 saturated heterocycles. The molecular weight excluding hydrogens is 142 g/mol. The minimum Gasteiger partial charge on any atom is -0.390 e. The lowest BCUT2D eigenvalue weighted by molar-refractivity contribution is 0.268. The van der Waals surface area contributed by atoms with Gasteiger partial charge in [-0.25, -0.2) is 4.98 Å². The zero-order valence-corrected chi connectivity index (χ0v) is 6.25. The lowest BCUT2D eigenvalue weighted by Crippen LogP contribution is -2.29. The summed E-state index contributed by atoms with van der Waals surface area (Å²) >= 11 is 0. The Kier molecular flexibility index (Phi) is 1.63. The van der Waals surface area contributed by atoms with Gasteiger partial charge in [-0.15, -0.1) is 0 Å². The van der Waals surface area contributed by atoms with E-state index in [1.807, 2.05) is 0 Å². The van der Waals surface area contributed by atoms with Crippen LogP contribution >= 0.6 is 0 Å². The van der Waals surface area contributed by atoms with E-state index in [9.17, 15) is 0 Å². The van der Waals surface area contributed by atoms with Crippen LogP contribution in [0.2, 0.25) is 0 Å². The molecule has 0 radical (unpaired) electrons. The fraction of sp³-hybridized carbons (Fsp3) is 0.571. The Balaban J connectivity index is 2.38. The van der Waals surface area contributed by atoms with Gasteiger partial charge < -0.3 is 15.0 Å². The second kappa shape index (κ2) is 2.64. The third-order valence-corrected chi connectivity index (χ3v) is 1.98. The van der Waals surface area contributed by atoms with Crippen molar-refractivity contribution in [2.24, 2.45) is 0 Å². The van der Waals surface area contributed by atoms with Gasteiger partial charge in [-0.05, 0) is 0 Å². The predicted molar refractivity (Wildman–Crippen MR) is 39.9 cm³/mol. The molecule has 60 valence electrons. The van der Waals surface area contributed by atoms with Gasteiger partial charge in [-0.2, -0.15) is 0 Å². The summed E-state index contributed by atoms with van der Waals surface area (Å²) in [4.78, 5) is 4.17. The van der Waals surface area contributed by atoms with E-state index >= 15 is 0 Å². The SMILES string of the molecule is OCc1cnc2n1CCNC2. The molecule has 1 aliphatic heterocycles. The topological polar surface area (TPSA) is 50.1 Å². The second-order valence-electron chi connectivity index (χ2n) is 2.65. The molecule has 0 atom stereocenters. The highest BCUT2D eigenvalue weighted by Crippen LogP contribution is 2.07. The number of hydrogen-bond acceptors (Lipinski definition) is 3. The summed E-state index contributed by atoms with van der Waals surface area (Å²) in [5.74, 6) is 1.03. The fourth-order valence-corrected chi connectivity index (χ4v) is 1.39. The Hall–Kier alpha value is -0.870. The molecule has 0 aliphatic carbocycles. The number of fused-ring (bicyclic) bond motifs is 1. The van der Waals surface area contributed by atoms with Gasteiger partial charge in [0.1, 0.15) is 5.82 Å². The number of imidazole rings is 1. The Morgan fingerprint density at radius 3 is 3.45 bits per heavy atom. The van der Waals surface area contributed by atoms with Crippen LogP contribution in [0.25, 0.3) is 0 Å². The first-order chi connectivity index (χ1) is 5.42. The smallest absolute Gasteiger partial charge is 0.122 e. The van der Waals surface area contributed by atoms with E-state index in [1.54, 1.807) is 6.20 Å². The highest BCUT2D eigenvalue weighted by atomic mass is 16.3. The molecule has 0 amide bonds. The van der Waals surface area contributed by atoms with Crippen molar-refractivity contribution in [1.29, 1.82) is 0 Å². The summed E-state index contributed by atoms with van der Waals surface area (Å²) in [6.45, 7) is 2.80. The normalized spacial score (nSPS) is 16.5. The number of hydrogen-bond donors (Lipinski definition) is 2. The molecule has 4 heteroatoms. The van der Waals surface area contributed by atoms with Crippen molar-refractivity contribution in [1.82, 2.24) is 14.9 Å². The highest BCUT2D eigenvalue weighted by Gasteiger charge is 2.11. The van der Waals surface area contributed by atoms with Gasteiger partial charge in [0.25, 0.3) is 0 Å². The van der Waals surface area contributed by atoms with Gasteiger partial charge in [0.05, 0.1) is 25.0 Å². The van der Waals surface area contributed by atoms with E-state index in [0.29, 0.717) is 0 Å². The molecule has 11 heavy (non-hydrogen) atoms. The van der Waals surface area contributed by atoms with E-state index < -0.39 is 0 Å². The van der Waals surface area contributed by atoms with E-state index in [2.05, 4.69) is 14.9 Å². The quantitative estimate of drug-likeness (QED) is 0.570. The van der Waals surface area contributed by atoms with Gasteiger partial charge in [-0.3, -0.25) is 0 Å². The number of aliphatic hydroxyl groups is 1. The Morgan fingerprint density at radius 1 is 1.73 bits per heavy atom. The monoisotopic (exact) mass is 153 g/mol. The van der Waals surface area contributed by atoms with Crippen LogP contribution < -0.4 is 5.32 Å². The van der Waals surface area contributed by atoms with Crippen LogP contribution in [0.15, 0.2) is 6.20 Å². The van der Waals surface area contributed by atoms with Crippen LogP contribution in [0.5, 0.6) is 0 Å². The van der Waals surface area contributed by atoms with Crippen LogP contribution in [0.1, 0.15) is 11.5 Å². The van der Waals surface area contributed by atoms with Crippen LogP contribution in [0.3, 0.4) is 0 Å². The zero-order valence-electron chi connectivity index (χ0n) is 6.25. The summed E-state index contributed by atoms with van der Waals surface area (Å²) in [5.41, 5.74) is 0.918. The molecule has 0 bridgehead atoms. The van der Waals surface area contributed by atoms with Crippen molar-refractivity contribution in [2.75, 3.05) is 6.54 Å². The van der Waals surface area contributed by atoms with Gasteiger partial charge >= 0.3 is 0 Å². The Bertz CT molecular complexity index is 243.